The van der Waals surface area contributed by atoms with Crippen LogP contribution >= 0.6 is 23.4 Å². The van der Waals surface area contributed by atoms with E-state index in [4.69, 9.17) is 22.7 Å². The summed E-state index contributed by atoms with van der Waals surface area (Å²) < 4.78 is 21.9. The smallest absolute Gasteiger partial charge is 0.174 e. The molecule has 4 nitrogen and oxygen atoms in total. The molecule has 1 heterocycles. The molecule has 68 valence electrons. The monoisotopic (exact) mass is 226 g/mol. The van der Waals surface area contributed by atoms with Crippen LogP contribution in [0.2, 0.25) is 0 Å². The van der Waals surface area contributed by atoms with Crippen molar-refractivity contribution in [2.75, 3.05) is 5.75 Å². The Balaban J connectivity index is 2.76. The number of hydrogen-bond donors (Lipinski definition) is 2. The predicted octanol–water partition coefficient (Wildman–Crippen LogP) is 0.490. The van der Waals surface area contributed by atoms with Gasteiger partial charge in [-0.3, -0.25) is 5.41 Å². The van der Waals surface area contributed by atoms with Crippen LogP contribution in [0.4, 0.5) is 0 Å². The first-order chi connectivity index (χ1) is 5.41. The van der Waals surface area contributed by atoms with Crippen molar-refractivity contribution in [2.45, 2.75) is 5.25 Å². The lowest BCUT2D eigenvalue weighted by molar-refractivity contribution is 0.606. The number of nitrogens with two attached hydrogens (primary N) is 1. The van der Waals surface area contributed by atoms with Crippen molar-refractivity contribution in [3.8, 4) is 0 Å². The number of amidine groups is 1. The Labute approximate surface area is 79.6 Å². The molecule has 1 atom stereocenters. The summed E-state index contributed by atoms with van der Waals surface area (Å²) in [7, 11) is -3.16. The van der Waals surface area contributed by atoms with Gasteiger partial charge in [-0.25, -0.2) is 8.42 Å². The molecule has 0 unspecified atom stereocenters. The van der Waals surface area contributed by atoms with Crippen molar-refractivity contribution < 1.29 is 8.42 Å². The number of rotatable bonds is 1. The van der Waals surface area contributed by atoms with E-state index in [0.29, 0.717) is 0 Å². The van der Waals surface area contributed by atoms with Crippen LogP contribution < -0.4 is 5.73 Å². The zero-order chi connectivity index (χ0) is 9.35. The molecule has 1 rings (SSSR count). The molecule has 0 saturated heterocycles. The summed E-state index contributed by atoms with van der Waals surface area (Å²) in [5.74, 6) is -0.0594. The average Bonchev–Trinajstić information content (AvgIpc) is 2.03. The van der Waals surface area contributed by atoms with Gasteiger partial charge in [0.05, 0.1) is 11.0 Å². The van der Waals surface area contributed by atoms with Gasteiger partial charge in [-0.2, -0.15) is 0 Å². The number of hydrogen-bond acceptors (Lipinski definition) is 4. The number of nitrogens with one attached hydrogen (secondary N) is 1. The summed E-state index contributed by atoms with van der Waals surface area (Å²) in [6.45, 7) is 0. The van der Waals surface area contributed by atoms with Crippen LogP contribution in [0.15, 0.2) is 10.4 Å². The standard InChI is InChI=1S/C5H7ClN2O2S2/c6-3-1-12(9,10)2-4(3)11-5(7)8/h1,4H,2H2,(H3,7,8)/t4-/m0/s1. The first-order valence-corrected chi connectivity index (χ1v) is 5.98. The molecular weight excluding hydrogens is 220 g/mol. The highest BCUT2D eigenvalue weighted by molar-refractivity contribution is 8.15. The first kappa shape index (κ1) is 9.88. The van der Waals surface area contributed by atoms with Gasteiger partial charge in [0.15, 0.2) is 15.0 Å². The van der Waals surface area contributed by atoms with E-state index >= 15 is 0 Å². The maximum atomic E-state index is 10.9. The molecule has 0 aliphatic carbocycles. The Hall–Kier alpha value is -0.200. The third-order valence-corrected chi connectivity index (χ3v) is 4.46. The molecule has 0 amide bonds. The van der Waals surface area contributed by atoms with E-state index in [2.05, 4.69) is 0 Å². The zero-order valence-corrected chi connectivity index (χ0v) is 8.34. The van der Waals surface area contributed by atoms with E-state index in [1.165, 1.54) is 0 Å². The number of halogens is 1. The highest BCUT2D eigenvalue weighted by Crippen LogP contribution is 2.30. The van der Waals surface area contributed by atoms with Crippen LogP contribution in [0.1, 0.15) is 0 Å². The molecule has 0 aromatic carbocycles. The fraction of sp³-hybridized carbons (Fsp3) is 0.400. The third kappa shape index (κ3) is 2.40. The largest absolute Gasteiger partial charge is 0.379 e. The summed E-state index contributed by atoms with van der Waals surface area (Å²) in [4.78, 5) is 0. The van der Waals surface area contributed by atoms with Gasteiger partial charge in [-0.05, 0) is 0 Å². The Morgan fingerprint density at radius 1 is 1.83 bits per heavy atom. The molecule has 0 aromatic rings. The highest BCUT2D eigenvalue weighted by atomic mass is 35.5. The molecule has 0 saturated carbocycles. The molecule has 12 heavy (non-hydrogen) atoms. The van der Waals surface area contributed by atoms with Gasteiger partial charge < -0.3 is 5.73 Å². The number of sulfone groups is 1. The Morgan fingerprint density at radius 2 is 2.42 bits per heavy atom. The highest BCUT2D eigenvalue weighted by Gasteiger charge is 2.29. The van der Waals surface area contributed by atoms with Crippen LogP contribution in [-0.4, -0.2) is 24.6 Å². The van der Waals surface area contributed by atoms with Gasteiger partial charge in [0.1, 0.15) is 0 Å². The van der Waals surface area contributed by atoms with Gasteiger partial charge in [0.2, 0.25) is 0 Å². The molecular formula is C5H7ClN2O2S2. The second kappa shape index (κ2) is 3.27. The molecule has 0 aromatic heterocycles. The van der Waals surface area contributed by atoms with Crippen LogP contribution in [0.3, 0.4) is 0 Å². The van der Waals surface area contributed by atoms with E-state index in [1.807, 2.05) is 0 Å². The van der Waals surface area contributed by atoms with Crippen LogP contribution in [0, 0.1) is 5.41 Å². The van der Waals surface area contributed by atoms with Crippen molar-refractivity contribution in [3.63, 3.8) is 0 Å². The summed E-state index contributed by atoms with van der Waals surface area (Å²) in [6, 6.07) is 0. The molecule has 1 aliphatic rings. The average molecular weight is 227 g/mol. The maximum Gasteiger partial charge on any atom is 0.174 e. The lowest BCUT2D eigenvalue weighted by Crippen LogP contribution is -2.15. The van der Waals surface area contributed by atoms with Crippen molar-refractivity contribution in [1.82, 2.24) is 0 Å². The molecule has 0 fully saturated rings. The first-order valence-electron chi connectivity index (χ1n) is 3.01. The molecule has 1 aliphatic heterocycles. The Bertz CT molecular complexity index is 335. The summed E-state index contributed by atoms with van der Waals surface area (Å²) in [6.07, 6.45) is 0. The van der Waals surface area contributed by atoms with Crippen molar-refractivity contribution in [3.05, 3.63) is 10.4 Å². The second-order valence-electron chi connectivity index (χ2n) is 2.30. The van der Waals surface area contributed by atoms with Crippen LogP contribution in [0.25, 0.3) is 0 Å². The topological polar surface area (TPSA) is 84.0 Å². The van der Waals surface area contributed by atoms with E-state index in [1.54, 1.807) is 0 Å². The summed E-state index contributed by atoms with van der Waals surface area (Å²) >= 11 is 6.57. The Morgan fingerprint density at radius 3 is 2.75 bits per heavy atom. The van der Waals surface area contributed by atoms with E-state index < -0.39 is 15.1 Å². The van der Waals surface area contributed by atoms with Crippen molar-refractivity contribution in [1.29, 1.82) is 5.41 Å². The van der Waals surface area contributed by atoms with Gasteiger partial charge >= 0.3 is 0 Å². The quantitative estimate of drug-likeness (QED) is 0.504. The summed E-state index contributed by atoms with van der Waals surface area (Å²) in [5, 5.41) is 7.69. The van der Waals surface area contributed by atoms with Crippen LogP contribution in [0.5, 0.6) is 0 Å². The fourth-order valence-electron chi connectivity index (χ4n) is 0.830. The van der Waals surface area contributed by atoms with Gasteiger partial charge in [0, 0.05) is 10.4 Å². The van der Waals surface area contributed by atoms with Crippen molar-refractivity contribution in [2.24, 2.45) is 5.73 Å². The zero-order valence-electron chi connectivity index (χ0n) is 5.95. The number of thioether (sulfide) groups is 1. The van der Waals surface area contributed by atoms with Crippen LogP contribution in [-0.2, 0) is 9.84 Å². The summed E-state index contributed by atoms with van der Waals surface area (Å²) in [5.41, 5.74) is 5.09. The maximum absolute atomic E-state index is 10.9. The minimum Gasteiger partial charge on any atom is -0.379 e. The third-order valence-electron chi connectivity index (χ3n) is 1.25. The molecule has 0 spiro atoms. The Kier molecular flexibility index (Phi) is 2.70. The molecule has 7 heteroatoms. The molecule has 0 radical (unpaired) electrons. The molecule has 3 N–H and O–H groups in total. The molecule has 0 bridgehead atoms. The lowest BCUT2D eigenvalue weighted by Gasteiger charge is -2.05. The minimum absolute atomic E-state index is 0.0594. The van der Waals surface area contributed by atoms with Gasteiger partial charge in [-0.1, -0.05) is 23.4 Å². The SMILES string of the molecule is N=C(N)S[C@H]1CS(=O)(=O)C=C1Cl. The minimum atomic E-state index is -3.16. The predicted molar refractivity (Wildman–Crippen MR) is 51.0 cm³/mol. The van der Waals surface area contributed by atoms with Gasteiger partial charge in [0.25, 0.3) is 0 Å². The second-order valence-corrected chi connectivity index (χ2v) is 5.88. The fourth-order valence-corrected chi connectivity index (χ4v) is 4.16. The normalized spacial score (nSPS) is 26.8. The van der Waals surface area contributed by atoms with E-state index in [-0.39, 0.29) is 16.0 Å². The lowest BCUT2D eigenvalue weighted by atomic mass is 10.5. The van der Waals surface area contributed by atoms with Gasteiger partial charge in [-0.15, -0.1) is 0 Å². The van der Waals surface area contributed by atoms with E-state index in [0.717, 1.165) is 17.2 Å². The van der Waals surface area contributed by atoms with E-state index in [9.17, 15) is 8.42 Å². The van der Waals surface area contributed by atoms with Crippen molar-refractivity contribution >= 4 is 38.4 Å².